The third kappa shape index (κ3) is 3.97. The van der Waals surface area contributed by atoms with Crippen molar-refractivity contribution in [2.24, 2.45) is 0 Å². The number of hydrogen-bond acceptors (Lipinski definition) is 5. The van der Waals surface area contributed by atoms with Gasteiger partial charge in [0, 0.05) is 23.2 Å². The number of rotatable bonds is 6. The number of pyridine rings is 1. The normalized spacial score (nSPS) is 17.0. The number of benzene rings is 2. The monoisotopic (exact) mass is 469 g/mol. The number of alkyl halides is 2. The fraction of sp³-hybridized carbons (Fsp3) is 0.240. The summed E-state index contributed by atoms with van der Waals surface area (Å²) in [6.45, 7) is 1.48. The predicted molar refractivity (Wildman–Crippen MR) is 117 cm³/mol. The number of carbonyl (C=O) groups is 2. The summed E-state index contributed by atoms with van der Waals surface area (Å²) in [5, 5.41) is 0.407. The summed E-state index contributed by atoms with van der Waals surface area (Å²) < 4.78 is 35.7. The lowest BCUT2D eigenvalue weighted by atomic mass is 9.88. The molecule has 5 nitrogen and oxygen atoms in total. The van der Waals surface area contributed by atoms with Crippen molar-refractivity contribution in [2.45, 2.75) is 37.9 Å². The van der Waals surface area contributed by atoms with Gasteiger partial charge in [0.1, 0.15) is 5.78 Å². The van der Waals surface area contributed by atoms with E-state index in [1.165, 1.54) is 19.1 Å². The van der Waals surface area contributed by atoms with Crippen LogP contribution in [0.3, 0.4) is 0 Å². The molecule has 0 atom stereocenters. The molecule has 1 saturated carbocycles. The first kappa shape index (κ1) is 21.5. The number of carbonyl (C=O) groups excluding carboxylic acids is 2. The van der Waals surface area contributed by atoms with Gasteiger partial charge in [0.05, 0.1) is 16.1 Å². The van der Waals surface area contributed by atoms with E-state index in [2.05, 4.69) is 14.5 Å². The SMILES string of the molecule is CC(=O)c1cccc(-c2nc(CC(=O)C3(c4ccc5c(c4)OC(F)(F)O5)CC3)ccc2Cl)c1. The van der Waals surface area contributed by atoms with Crippen LogP contribution in [0.15, 0.2) is 54.6 Å². The summed E-state index contributed by atoms with van der Waals surface area (Å²) in [7, 11) is 0. The van der Waals surface area contributed by atoms with E-state index in [9.17, 15) is 18.4 Å². The van der Waals surface area contributed by atoms with Crippen LogP contribution in [0.5, 0.6) is 11.5 Å². The Morgan fingerprint density at radius 3 is 2.52 bits per heavy atom. The number of Topliss-reactive ketones (excluding diaryl/α,β-unsaturated/α-hetero) is 2. The lowest BCUT2D eigenvalue weighted by Gasteiger charge is -2.15. The maximum Gasteiger partial charge on any atom is 0.586 e. The Morgan fingerprint density at radius 1 is 1.03 bits per heavy atom. The molecule has 0 bridgehead atoms. The number of ether oxygens (including phenoxy) is 2. The average molecular weight is 470 g/mol. The molecule has 2 aromatic carbocycles. The maximum atomic E-state index is 13.4. The second kappa shape index (κ2) is 7.63. The zero-order valence-electron chi connectivity index (χ0n) is 17.5. The Hall–Kier alpha value is -3.32. The molecule has 3 aromatic rings. The van der Waals surface area contributed by atoms with Crippen molar-refractivity contribution in [1.29, 1.82) is 0 Å². The second-order valence-corrected chi connectivity index (χ2v) is 8.69. The van der Waals surface area contributed by atoms with E-state index in [4.69, 9.17) is 11.6 Å². The Balaban J connectivity index is 1.40. The molecule has 2 heterocycles. The van der Waals surface area contributed by atoms with Gasteiger partial charge in [-0.05, 0) is 55.7 Å². The molecular formula is C25H18ClF2NO4. The minimum absolute atomic E-state index is 0.0520. The number of ketones is 2. The highest BCUT2D eigenvalue weighted by Gasteiger charge is 2.52. The third-order valence-electron chi connectivity index (χ3n) is 6.03. The van der Waals surface area contributed by atoms with Gasteiger partial charge in [-0.2, -0.15) is 0 Å². The quantitative estimate of drug-likeness (QED) is 0.429. The molecule has 0 saturated heterocycles. The summed E-state index contributed by atoms with van der Waals surface area (Å²) in [5.74, 6) is -0.263. The molecule has 0 radical (unpaired) electrons. The van der Waals surface area contributed by atoms with Gasteiger partial charge in [-0.25, -0.2) is 0 Å². The molecule has 5 rings (SSSR count). The molecule has 33 heavy (non-hydrogen) atoms. The lowest BCUT2D eigenvalue weighted by Crippen LogP contribution is -2.26. The largest absolute Gasteiger partial charge is 0.586 e. The van der Waals surface area contributed by atoms with Crippen molar-refractivity contribution in [3.05, 3.63) is 76.4 Å². The number of hydrogen-bond donors (Lipinski definition) is 0. The number of fused-ring (bicyclic) bond motifs is 1. The Bertz CT molecular complexity index is 1300. The Morgan fingerprint density at radius 2 is 1.79 bits per heavy atom. The minimum Gasteiger partial charge on any atom is -0.395 e. The fourth-order valence-corrected chi connectivity index (χ4v) is 4.32. The third-order valence-corrected chi connectivity index (χ3v) is 6.33. The summed E-state index contributed by atoms with van der Waals surface area (Å²) >= 11 is 6.36. The summed E-state index contributed by atoms with van der Waals surface area (Å²) in [6, 6.07) is 14.8. The van der Waals surface area contributed by atoms with Crippen LogP contribution in [0, 0.1) is 0 Å². The van der Waals surface area contributed by atoms with E-state index < -0.39 is 11.7 Å². The van der Waals surface area contributed by atoms with Crippen LogP contribution in [0.25, 0.3) is 11.3 Å². The second-order valence-electron chi connectivity index (χ2n) is 8.28. The summed E-state index contributed by atoms with van der Waals surface area (Å²) in [6.07, 6.45) is -2.42. The first-order valence-electron chi connectivity index (χ1n) is 10.4. The van der Waals surface area contributed by atoms with Crippen molar-refractivity contribution in [2.75, 3.05) is 0 Å². The van der Waals surface area contributed by atoms with Gasteiger partial charge in [-0.3, -0.25) is 14.6 Å². The molecule has 0 N–H and O–H groups in total. The molecule has 0 unspecified atom stereocenters. The van der Waals surface area contributed by atoms with Crippen LogP contribution < -0.4 is 9.47 Å². The zero-order valence-corrected chi connectivity index (χ0v) is 18.3. The molecule has 8 heteroatoms. The number of aromatic nitrogens is 1. The Labute approximate surface area is 193 Å². The smallest absolute Gasteiger partial charge is 0.395 e. The molecule has 0 amide bonds. The van der Waals surface area contributed by atoms with Crippen molar-refractivity contribution < 1.29 is 27.8 Å². The molecule has 168 valence electrons. The van der Waals surface area contributed by atoms with E-state index in [1.807, 2.05) is 0 Å². The van der Waals surface area contributed by atoms with Gasteiger partial charge in [0.15, 0.2) is 17.3 Å². The molecule has 0 spiro atoms. The lowest BCUT2D eigenvalue weighted by molar-refractivity contribution is -0.286. The molecule has 1 aromatic heterocycles. The van der Waals surface area contributed by atoms with Gasteiger partial charge >= 0.3 is 6.29 Å². The van der Waals surface area contributed by atoms with Crippen LogP contribution in [-0.2, 0) is 16.6 Å². The van der Waals surface area contributed by atoms with E-state index in [0.717, 1.165) is 0 Å². The summed E-state index contributed by atoms with van der Waals surface area (Å²) in [4.78, 5) is 29.6. The van der Waals surface area contributed by atoms with Crippen molar-refractivity contribution in [3.63, 3.8) is 0 Å². The van der Waals surface area contributed by atoms with Gasteiger partial charge < -0.3 is 9.47 Å². The molecule has 1 aliphatic heterocycles. The van der Waals surface area contributed by atoms with E-state index in [1.54, 1.807) is 42.5 Å². The topological polar surface area (TPSA) is 65.5 Å². The number of halogens is 3. The first-order chi connectivity index (χ1) is 15.7. The van der Waals surface area contributed by atoms with E-state index >= 15 is 0 Å². The predicted octanol–water partition coefficient (Wildman–Crippen LogP) is 5.77. The zero-order chi connectivity index (χ0) is 23.4. The van der Waals surface area contributed by atoms with Crippen molar-refractivity contribution >= 4 is 23.2 Å². The summed E-state index contributed by atoms with van der Waals surface area (Å²) in [5.41, 5.74) is 2.10. The Kier molecular flexibility index (Phi) is 4.97. The van der Waals surface area contributed by atoms with E-state index in [-0.39, 0.29) is 29.5 Å². The van der Waals surface area contributed by atoms with Crippen molar-refractivity contribution in [3.8, 4) is 22.8 Å². The first-order valence-corrected chi connectivity index (χ1v) is 10.8. The van der Waals surface area contributed by atoms with Gasteiger partial charge in [0.2, 0.25) is 0 Å². The van der Waals surface area contributed by atoms with Crippen LogP contribution in [0.2, 0.25) is 5.02 Å². The molecule has 1 aliphatic carbocycles. The van der Waals surface area contributed by atoms with Crippen molar-refractivity contribution in [1.82, 2.24) is 4.98 Å². The van der Waals surface area contributed by atoms with Gasteiger partial charge in [0.25, 0.3) is 0 Å². The van der Waals surface area contributed by atoms with Gasteiger partial charge in [-0.15, -0.1) is 8.78 Å². The standard InChI is InChI=1S/C25H18ClF2NO4/c1-14(30)15-3-2-4-16(11-15)23-19(26)7-6-18(29-23)13-22(31)24(9-10-24)17-5-8-20-21(12-17)33-25(27,28)32-20/h2-8,11-12H,9-10,13H2,1H3. The average Bonchev–Trinajstić information content (AvgIpc) is 3.52. The minimum atomic E-state index is -3.70. The van der Waals surface area contributed by atoms with Crippen LogP contribution in [-0.4, -0.2) is 22.8 Å². The highest BCUT2D eigenvalue weighted by molar-refractivity contribution is 6.33. The maximum absolute atomic E-state index is 13.4. The highest BCUT2D eigenvalue weighted by Crippen LogP contribution is 2.52. The molecule has 1 fully saturated rings. The highest BCUT2D eigenvalue weighted by atomic mass is 35.5. The van der Waals surface area contributed by atoms with Crippen LogP contribution >= 0.6 is 11.6 Å². The van der Waals surface area contributed by atoms with Crippen LogP contribution in [0.4, 0.5) is 8.78 Å². The van der Waals surface area contributed by atoms with E-state index in [0.29, 0.717) is 45.9 Å². The molecular weight excluding hydrogens is 452 g/mol. The molecule has 2 aliphatic rings. The fourth-order valence-electron chi connectivity index (χ4n) is 4.10. The van der Waals surface area contributed by atoms with Gasteiger partial charge in [-0.1, -0.05) is 35.9 Å². The van der Waals surface area contributed by atoms with Crippen LogP contribution in [0.1, 0.15) is 41.4 Å². The number of nitrogens with zero attached hydrogens (tertiary/aromatic N) is 1.